The van der Waals surface area contributed by atoms with Gasteiger partial charge in [0.25, 0.3) is 0 Å². The average molecular weight is 395 g/mol. The summed E-state index contributed by atoms with van der Waals surface area (Å²) in [7, 11) is 0. The Morgan fingerprint density at radius 3 is 1.76 bits per heavy atom. The van der Waals surface area contributed by atoms with Gasteiger partial charge in [-0.1, -0.05) is 58.0 Å². The van der Waals surface area contributed by atoms with Crippen LogP contribution in [0, 0.1) is 0 Å². The van der Waals surface area contributed by atoms with Crippen LogP contribution >= 0.6 is 58.0 Å². The molecular weight excluding hydrogens is 381 g/mol. The third kappa shape index (κ3) is 5.26. The molecule has 0 heterocycles. The van der Waals surface area contributed by atoms with Crippen molar-refractivity contribution in [1.29, 1.82) is 0 Å². The molecule has 0 unspecified atom stereocenters. The molecule has 1 aromatic carbocycles. The highest BCUT2D eigenvalue weighted by Gasteiger charge is 2.21. The van der Waals surface area contributed by atoms with Gasteiger partial charge < -0.3 is 9.47 Å². The van der Waals surface area contributed by atoms with E-state index in [1.807, 2.05) is 0 Å². The third-order valence-electron chi connectivity index (χ3n) is 2.14. The molecule has 118 valence electrons. The van der Waals surface area contributed by atoms with E-state index >= 15 is 0 Å². The molecule has 3 nitrogen and oxygen atoms in total. The van der Waals surface area contributed by atoms with Crippen LogP contribution in [0.4, 0.5) is 0 Å². The average Bonchev–Trinajstić information content (AvgIpc) is 2.36. The van der Waals surface area contributed by atoms with Gasteiger partial charge in [-0.3, -0.25) is 4.79 Å². The number of halogens is 5. The van der Waals surface area contributed by atoms with Crippen LogP contribution in [-0.4, -0.2) is 18.2 Å². The van der Waals surface area contributed by atoms with Gasteiger partial charge in [0.05, 0.1) is 28.1 Å². The molecule has 1 aromatic rings. The van der Waals surface area contributed by atoms with Crippen molar-refractivity contribution in [3.05, 3.63) is 25.1 Å². The van der Waals surface area contributed by atoms with Crippen LogP contribution in [0.3, 0.4) is 0 Å². The number of carbonyl (C=O) groups excluding carboxylic acids is 1. The highest BCUT2D eigenvalue weighted by atomic mass is 35.5. The standard InChI is InChI=1S/C13H13Cl5O3/c1-13(2,3)21-6(19)4-5-20-12-10(17)8(15)7(14)9(16)11(12)18/h4-5H2,1-3H3. The van der Waals surface area contributed by atoms with E-state index < -0.39 is 11.6 Å². The van der Waals surface area contributed by atoms with E-state index in [0.717, 1.165) is 0 Å². The summed E-state index contributed by atoms with van der Waals surface area (Å²) in [5, 5.41) is 0.216. The third-order valence-corrected chi connectivity index (χ3v) is 4.38. The Labute approximate surface area is 148 Å². The fourth-order valence-electron chi connectivity index (χ4n) is 1.34. The van der Waals surface area contributed by atoms with Crippen molar-refractivity contribution in [3.8, 4) is 5.75 Å². The number of carbonyl (C=O) groups is 1. The Morgan fingerprint density at radius 1 is 0.905 bits per heavy atom. The van der Waals surface area contributed by atoms with Crippen molar-refractivity contribution in [2.24, 2.45) is 0 Å². The van der Waals surface area contributed by atoms with Crippen LogP contribution in [0.2, 0.25) is 25.1 Å². The first-order valence-corrected chi connectivity index (χ1v) is 7.79. The van der Waals surface area contributed by atoms with E-state index in [-0.39, 0.29) is 43.9 Å². The van der Waals surface area contributed by atoms with Crippen molar-refractivity contribution < 1.29 is 14.3 Å². The number of hydrogen-bond donors (Lipinski definition) is 0. The number of hydrogen-bond acceptors (Lipinski definition) is 3. The van der Waals surface area contributed by atoms with E-state index in [9.17, 15) is 4.79 Å². The molecule has 21 heavy (non-hydrogen) atoms. The lowest BCUT2D eigenvalue weighted by molar-refractivity contribution is -0.155. The smallest absolute Gasteiger partial charge is 0.309 e. The summed E-state index contributed by atoms with van der Waals surface area (Å²) in [4.78, 5) is 11.6. The second-order valence-electron chi connectivity index (χ2n) is 5.08. The van der Waals surface area contributed by atoms with Gasteiger partial charge in [-0.2, -0.15) is 0 Å². The molecule has 8 heteroatoms. The second-order valence-corrected chi connectivity index (χ2v) is 6.97. The van der Waals surface area contributed by atoms with E-state index in [1.54, 1.807) is 20.8 Å². The Balaban J connectivity index is 2.75. The molecule has 0 saturated heterocycles. The molecule has 0 aliphatic rings. The minimum Gasteiger partial charge on any atom is -0.490 e. The molecule has 0 radical (unpaired) electrons. The number of benzene rings is 1. The lowest BCUT2D eigenvalue weighted by atomic mass is 10.2. The fraction of sp³-hybridized carbons (Fsp3) is 0.462. The predicted octanol–water partition coefficient (Wildman–Crippen LogP) is 6.06. The Bertz CT molecular complexity index is 523. The second kappa shape index (κ2) is 7.47. The molecule has 0 aliphatic heterocycles. The SMILES string of the molecule is CC(C)(C)OC(=O)CCOc1c(Cl)c(Cl)c(Cl)c(Cl)c1Cl. The fourth-order valence-corrected chi connectivity index (χ4v) is 2.57. The van der Waals surface area contributed by atoms with Gasteiger partial charge in [0.15, 0.2) is 5.75 Å². The van der Waals surface area contributed by atoms with Gasteiger partial charge in [0, 0.05) is 0 Å². The summed E-state index contributed by atoms with van der Waals surface area (Å²) in [6, 6.07) is 0. The molecule has 0 spiro atoms. The minimum absolute atomic E-state index is 0.0165. The zero-order valence-corrected chi connectivity index (χ0v) is 15.3. The Morgan fingerprint density at radius 2 is 1.33 bits per heavy atom. The summed E-state index contributed by atoms with van der Waals surface area (Å²) in [6.45, 7) is 5.34. The Hall–Kier alpha value is -0.0600. The van der Waals surface area contributed by atoms with Crippen LogP contribution < -0.4 is 4.74 Å². The summed E-state index contributed by atoms with van der Waals surface area (Å²) in [5.41, 5.74) is -0.556. The summed E-state index contributed by atoms with van der Waals surface area (Å²) in [6.07, 6.45) is 0.0296. The lowest BCUT2D eigenvalue weighted by Crippen LogP contribution is -2.24. The molecular formula is C13H13Cl5O3. The molecule has 0 aliphatic carbocycles. The van der Waals surface area contributed by atoms with Crippen LogP contribution in [0.15, 0.2) is 0 Å². The monoisotopic (exact) mass is 392 g/mol. The molecule has 0 fully saturated rings. The highest BCUT2D eigenvalue weighted by molar-refractivity contribution is 6.55. The van der Waals surface area contributed by atoms with Gasteiger partial charge in [-0.25, -0.2) is 0 Å². The number of rotatable bonds is 4. The predicted molar refractivity (Wildman–Crippen MR) is 87.4 cm³/mol. The van der Waals surface area contributed by atoms with Gasteiger partial charge in [-0.15, -0.1) is 0 Å². The summed E-state index contributed by atoms with van der Waals surface area (Å²) >= 11 is 29.7. The molecule has 0 aromatic heterocycles. The van der Waals surface area contributed by atoms with Crippen LogP contribution in [0.5, 0.6) is 5.75 Å². The zero-order chi connectivity index (χ0) is 16.4. The summed E-state index contributed by atoms with van der Waals surface area (Å²) in [5.74, 6) is -0.317. The minimum atomic E-state index is -0.556. The van der Waals surface area contributed by atoms with Crippen LogP contribution in [0.25, 0.3) is 0 Å². The van der Waals surface area contributed by atoms with Crippen molar-refractivity contribution in [2.45, 2.75) is 32.8 Å². The normalized spacial score (nSPS) is 11.4. The zero-order valence-electron chi connectivity index (χ0n) is 11.5. The van der Waals surface area contributed by atoms with Crippen molar-refractivity contribution in [1.82, 2.24) is 0 Å². The number of ether oxygens (including phenoxy) is 2. The molecule has 0 N–H and O–H groups in total. The quantitative estimate of drug-likeness (QED) is 0.353. The van der Waals surface area contributed by atoms with Gasteiger partial charge >= 0.3 is 5.97 Å². The van der Waals surface area contributed by atoms with Crippen LogP contribution in [0.1, 0.15) is 27.2 Å². The van der Waals surface area contributed by atoms with Crippen LogP contribution in [-0.2, 0) is 9.53 Å². The van der Waals surface area contributed by atoms with Gasteiger partial charge in [0.2, 0.25) is 0 Å². The molecule has 0 saturated carbocycles. The van der Waals surface area contributed by atoms with Crippen molar-refractivity contribution in [2.75, 3.05) is 6.61 Å². The highest BCUT2D eigenvalue weighted by Crippen LogP contribution is 2.48. The summed E-state index contributed by atoms with van der Waals surface area (Å²) < 4.78 is 10.5. The first-order valence-electron chi connectivity index (χ1n) is 5.90. The maximum Gasteiger partial charge on any atom is 0.309 e. The first kappa shape index (κ1) is 19.0. The van der Waals surface area contributed by atoms with E-state index in [4.69, 9.17) is 67.5 Å². The van der Waals surface area contributed by atoms with Crippen molar-refractivity contribution in [3.63, 3.8) is 0 Å². The lowest BCUT2D eigenvalue weighted by Gasteiger charge is -2.19. The molecule has 0 amide bonds. The largest absolute Gasteiger partial charge is 0.490 e. The van der Waals surface area contributed by atoms with E-state index in [2.05, 4.69) is 0 Å². The van der Waals surface area contributed by atoms with E-state index in [0.29, 0.717) is 0 Å². The Kier molecular flexibility index (Phi) is 6.76. The van der Waals surface area contributed by atoms with Gasteiger partial charge in [-0.05, 0) is 20.8 Å². The van der Waals surface area contributed by atoms with Gasteiger partial charge in [0.1, 0.15) is 15.6 Å². The van der Waals surface area contributed by atoms with E-state index in [1.165, 1.54) is 0 Å². The molecule has 0 atom stereocenters. The number of esters is 1. The topological polar surface area (TPSA) is 35.5 Å². The van der Waals surface area contributed by atoms with Crippen molar-refractivity contribution >= 4 is 64.0 Å². The maximum atomic E-state index is 11.6. The molecule has 0 bridgehead atoms. The first-order chi connectivity index (χ1) is 9.54. The molecule has 1 rings (SSSR count). The maximum absolute atomic E-state index is 11.6.